The van der Waals surface area contributed by atoms with Gasteiger partial charge >= 0.3 is 0 Å². The van der Waals surface area contributed by atoms with Crippen LogP contribution >= 0.6 is 11.6 Å². The molecule has 2 aliphatic carbocycles. The normalized spacial score (nSPS) is 24.7. The third kappa shape index (κ3) is 6.19. The van der Waals surface area contributed by atoms with Crippen LogP contribution < -0.4 is 15.1 Å². The largest absolute Gasteiger partial charge is 0.508 e. The summed E-state index contributed by atoms with van der Waals surface area (Å²) in [5.41, 5.74) is 4.65. The van der Waals surface area contributed by atoms with Crippen LogP contribution in [0.25, 0.3) is 0 Å². The summed E-state index contributed by atoms with van der Waals surface area (Å²) in [5, 5.41) is 13.4. The number of halogens is 2. The highest BCUT2D eigenvalue weighted by Crippen LogP contribution is 2.65. The molecule has 0 spiro atoms. The van der Waals surface area contributed by atoms with E-state index in [0.717, 1.165) is 15.5 Å². The Morgan fingerprint density at radius 3 is 2.25 bits per heavy atom. The van der Waals surface area contributed by atoms with Gasteiger partial charge in [0.15, 0.2) is 5.78 Å². The van der Waals surface area contributed by atoms with Gasteiger partial charge < -0.3 is 9.84 Å². The summed E-state index contributed by atoms with van der Waals surface area (Å²) in [5.74, 6) is -6.99. The predicted molar refractivity (Wildman–Crippen MR) is 217 cm³/mol. The molecular formula is C47H37ClFN3O7. The summed E-state index contributed by atoms with van der Waals surface area (Å²) >= 11 is 6.40. The van der Waals surface area contributed by atoms with Crippen molar-refractivity contribution in [2.24, 2.45) is 23.7 Å². The third-order valence-corrected chi connectivity index (χ3v) is 12.6. The number of phenolic OH excluding ortho intramolecular Hbond substituents is 1. The number of carbonyl (C=O) groups is 5. The van der Waals surface area contributed by atoms with Gasteiger partial charge in [-0.25, -0.2) is 4.39 Å². The topological polar surface area (TPSA) is 133 Å². The van der Waals surface area contributed by atoms with Crippen molar-refractivity contribution >= 4 is 52.4 Å². The van der Waals surface area contributed by atoms with E-state index in [-0.39, 0.29) is 36.7 Å². The lowest BCUT2D eigenvalue weighted by Gasteiger charge is -2.50. The molecule has 0 radical (unpaired) electrons. The number of anilines is 2. The van der Waals surface area contributed by atoms with E-state index in [9.17, 15) is 28.7 Å². The lowest BCUT2D eigenvalue weighted by molar-refractivity contribution is -0.138. The number of carbonyl (C=O) groups excluding carboxylic acids is 5. The van der Waals surface area contributed by atoms with E-state index in [1.54, 1.807) is 60.7 Å². The second-order valence-corrected chi connectivity index (χ2v) is 15.9. The first-order chi connectivity index (χ1) is 28.5. The molecule has 5 aromatic carbocycles. The molecule has 2 heterocycles. The number of amides is 4. The van der Waals surface area contributed by atoms with Crippen LogP contribution in [0, 0.1) is 29.5 Å². The van der Waals surface area contributed by atoms with Gasteiger partial charge in [0.2, 0.25) is 11.8 Å². The van der Waals surface area contributed by atoms with E-state index < -0.39 is 64.5 Å². The monoisotopic (exact) mass is 809 g/mol. The maximum atomic E-state index is 15.4. The number of hydrogen-bond donors (Lipinski definition) is 2. The van der Waals surface area contributed by atoms with Gasteiger partial charge in [0, 0.05) is 28.1 Å². The summed E-state index contributed by atoms with van der Waals surface area (Å²) in [7, 11) is 0. The molecule has 9 rings (SSSR count). The standard InChI is InChI=1S/C47H37ClFN3O7/c1-26(53)28-7-17-33(18-8-28)51-43(55)37-22-21-35-38(41(37)45(51)57)24-39-44(56)52(50-32-15-13-31(49)14-16-32)46(58)47(39,29-9-11-30(48)12-10-29)42(35)36-20-19-34(23-40(36)54)59-25-27-5-3-2-4-6-27/h2-21,23,37-39,41-42,50,54H,22,24-25H2,1H3/t37-,38+,39-,41-,42+,47+/m0/s1. The number of imide groups is 2. The fourth-order valence-corrected chi connectivity index (χ4v) is 9.82. The van der Waals surface area contributed by atoms with E-state index in [1.807, 2.05) is 36.4 Å². The molecule has 3 fully saturated rings. The SMILES string of the molecule is CC(=O)c1ccc(N2C(=O)[C@H]3[C@H](CC=C4[C@H]3C[C@H]3C(=O)N(Nc5ccc(F)cc5)C(=O)[C@@]3(c3ccc(Cl)cc3)[C@H]4c3ccc(OCc4ccccc4)cc3O)C2=O)cc1. The lowest BCUT2D eigenvalue weighted by Crippen LogP contribution is -2.53. The summed E-state index contributed by atoms with van der Waals surface area (Å²) in [4.78, 5) is 72.4. The van der Waals surface area contributed by atoms with Crippen molar-refractivity contribution in [2.45, 2.75) is 37.7 Å². The fraction of sp³-hybridized carbons (Fsp3) is 0.213. The van der Waals surface area contributed by atoms with Gasteiger partial charge in [0.1, 0.15) is 23.9 Å². The molecule has 5 aromatic rings. The van der Waals surface area contributed by atoms with Crippen molar-refractivity contribution in [2.75, 3.05) is 10.3 Å². The lowest BCUT2D eigenvalue weighted by atomic mass is 9.49. The van der Waals surface area contributed by atoms with Gasteiger partial charge in [0.25, 0.3) is 11.8 Å². The summed E-state index contributed by atoms with van der Waals surface area (Å²) in [6, 6.07) is 32.6. The van der Waals surface area contributed by atoms with Crippen LogP contribution in [0.1, 0.15) is 52.7 Å². The Kier molecular flexibility index (Phi) is 9.43. The molecule has 0 bridgehead atoms. The minimum absolute atomic E-state index is 0.0213. The Balaban J connectivity index is 1.19. The smallest absolute Gasteiger partial charge is 0.260 e. The van der Waals surface area contributed by atoms with Crippen molar-refractivity contribution in [3.05, 3.63) is 166 Å². The van der Waals surface area contributed by atoms with E-state index in [4.69, 9.17) is 16.3 Å². The van der Waals surface area contributed by atoms with E-state index >= 15 is 4.79 Å². The van der Waals surface area contributed by atoms with Gasteiger partial charge in [-0.3, -0.25) is 34.3 Å². The molecule has 0 unspecified atom stereocenters. The van der Waals surface area contributed by atoms with Gasteiger partial charge in [-0.2, -0.15) is 5.01 Å². The predicted octanol–water partition coefficient (Wildman–Crippen LogP) is 8.16. The number of phenols is 1. The van der Waals surface area contributed by atoms with E-state index in [1.165, 1.54) is 37.3 Å². The molecule has 6 atom stereocenters. The zero-order valence-electron chi connectivity index (χ0n) is 31.7. The first-order valence-corrected chi connectivity index (χ1v) is 19.7. The number of fused-ring (bicyclic) bond motifs is 4. The van der Waals surface area contributed by atoms with Crippen molar-refractivity contribution in [3.8, 4) is 11.5 Å². The van der Waals surface area contributed by atoms with Crippen molar-refractivity contribution < 1.29 is 38.2 Å². The maximum absolute atomic E-state index is 15.4. The number of nitrogens with one attached hydrogen (secondary N) is 1. The molecule has 2 aliphatic heterocycles. The third-order valence-electron chi connectivity index (χ3n) is 12.3. The Morgan fingerprint density at radius 1 is 0.864 bits per heavy atom. The first-order valence-electron chi connectivity index (χ1n) is 19.3. The van der Waals surface area contributed by atoms with Crippen LogP contribution in [0.2, 0.25) is 5.02 Å². The van der Waals surface area contributed by atoms with Crippen LogP contribution in [0.5, 0.6) is 11.5 Å². The number of nitrogens with zero attached hydrogens (tertiary/aromatic N) is 2. The Hall–Kier alpha value is -6.59. The van der Waals surface area contributed by atoms with E-state index in [0.29, 0.717) is 38.7 Å². The highest BCUT2D eigenvalue weighted by atomic mass is 35.5. The van der Waals surface area contributed by atoms with Crippen LogP contribution in [0.3, 0.4) is 0 Å². The number of hydrazine groups is 1. The molecule has 10 nitrogen and oxygen atoms in total. The highest BCUT2D eigenvalue weighted by molar-refractivity contribution is 6.30. The molecule has 59 heavy (non-hydrogen) atoms. The Morgan fingerprint density at radius 2 is 1.58 bits per heavy atom. The van der Waals surface area contributed by atoms with Crippen LogP contribution in [0.15, 0.2) is 133 Å². The fourth-order valence-electron chi connectivity index (χ4n) is 9.70. The van der Waals surface area contributed by atoms with Crippen LogP contribution in [0.4, 0.5) is 15.8 Å². The number of Topliss-reactive ketones (excluding diaryl/α,β-unsaturated/α-hetero) is 1. The Bertz CT molecular complexity index is 2560. The minimum Gasteiger partial charge on any atom is -0.508 e. The van der Waals surface area contributed by atoms with Crippen molar-refractivity contribution in [3.63, 3.8) is 0 Å². The minimum atomic E-state index is -1.68. The van der Waals surface area contributed by atoms with Gasteiger partial charge in [-0.1, -0.05) is 71.8 Å². The molecule has 4 amide bonds. The van der Waals surface area contributed by atoms with Gasteiger partial charge in [0.05, 0.1) is 34.5 Å². The zero-order valence-corrected chi connectivity index (χ0v) is 32.4. The molecule has 2 saturated heterocycles. The van der Waals surface area contributed by atoms with Crippen LogP contribution in [-0.4, -0.2) is 39.5 Å². The average Bonchev–Trinajstić information content (AvgIpc) is 3.62. The number of rotatable bonds is 9. The van der Waals surface area contributed by atoms with Crippen molar-refractivity contribution in [1.82, 2.24) is 5.01 Å². The first kappa shape index (κ1) is 38.0. The number of hydrogen-bond acceptors (Lipinski definition) is 8. The molecule has 12 heteroatoms. The number of ether oxygens (including phenoxy) is 1. The van der Waals surface area contributed by atoms with Crippen molar-refractivity contribution in [1.29, 1.82) is 0 Å². The van der Waals surface area contributed by atoms with Gasteiger partial charge in [-0.15, -0.1) is 0 Å². The molecule has 4 aliphatic rings. The highest BCUT2D eigenvalue weighted by Gasteiger charge is 2.70. The van der Waals surface area contributed by atoms with Gasteiger partial charge in [-0.05, 0) is 104 Å². The summed E-state index contributed by atoms with van der Waals surface area (Å²) in [6.07, 6.45) is 2.08. The molecule has 2 N–H and O–H groups in total. The second kappa shape index (κ2) is 14.7. The number of ketones is 1. The molecular weight excluding hydrogens is 773 g/mol. The van der Waals surface area contributed by atoms with E-state index in [2.05, 4.69) is 5.43 Å². The number of allylic oxidation sites excluding steroid dienone is 2. The molecule has 1 saturated carbocycles. The Labute approximate surface area is 343 Å². The molecule has 296 valence electrons. The number of aromatic hydroxyl groups is 1. The second-order valence-electron chi connectivity index (χ2n) is 15.5. The summed E-state index contributed by atoms with van der Waals surface area (Å²) in [6.45, 7) is 1.66. The molecule has 0 aromatic heterocycles. The average molecular weight is 810 g/mol. The quantitative estimate of drug-likeness (QED) is 0.0867. The number of benzene rings is 5. The zero-order chi connectivity index (χ0) is 41.2. The van der Waals surface area contributed by atoms with Crippen LogP contribution in [-0.2, 0) is 31.2 Å². The summed E-state index contributed by atoms with van der Waals surface area (Å²) < 4.78 is 20.0. The maximum Gasteiger partial charge on any atom is 0.260 e.